The maximum atomic E-state index is 11.9. The third-order valence-corrected chi connectivity index (χ3v) is 8.06. The van der Waals surface area contributed by atoms with Crippen LogP contribution < -0.4 is 4.90 Å². The first-order valence-electron chi connectivity index (χ1n) is 10.7. The molecule has 0 unspecified atom stereocenters. The predicted octanol–water partition coefficient (Wildman–Crippen LogP) is 1.97. The molecule has 2 aliphatic heterocycles. The van der Waals surface area contributed by atoms with Gasteiger partial charge in [-0.05, 0) is 38.0 Å². The molecule has 1 aromatic heterocycles. The average molecular weight is 447 g/mol. The number of aromatic nitrogens is 2. The van der Waals surface area contributed by atoms with Crippen LogP contribution in [0.4, 0.5) is 5.69 Å². The normalized spacial score (nSPS) is 21.4. The molecule has 2 fully saturated rings. The number of sulfone groups is 1. The number of piperazine rings is 1. The maximum absolute atomic E-state index is 11.9. The summed E-state index contributed by atoms with van der Waals surface area (Å²) < 4.78 is 30.5. The van der Waals surface area contributed by atoms with Crippen molar-refractivity contribution in [1.82, 2.24) is 14.7 Å². The molecule has 2 aromatic rings. The van der Waals surface area contributed by atoms with E-state index in [1.807, 2.05) is 35.9 Å². The van der Waals surface area contributed by atoms with E-state index in [-0.39, 0.29) is 23.5 Å². The molecule has 31 heavy (non-hydrogen) atoms. The summed E-state index contributed by atoms with van der Waals surface area (Å²) in [5, 5.41) is 4.71. The smallest absolute Gasteiger partial charge is 0.337 e. The van der Waals surface area contributed by atoms with Crippen LogP contribution in [0, 0.1) is 13.8 Å². The largest absolute Gasteiger partial charge is 0.465 e. The summed E-state index contributed by atoms with van der Waals surface area (Å²) in [6, 6.07) is 7.52. The highest BCUT2D eigenvalue weighted by Gasteiger charge is 2.32. The number of benzene rings is 1. The number of carbonyl (C=O) groups is 1. The van der Waals surface area contributed by atoms with Gasteiger partial charge >= 0.3 is 5.97 Å². The zero-order chi connectivity index (χ0) is 22.2. The van der Waals surface area contributed by atoms with Crippen molar-refractivity contribution in [1.29, 1.82) is 0 Å². The first-order chi connectivity index (χ1) is 14.8. The number of rotatable bonds is 5. The first-order valence-corrected chi connectivity index (χ1v) is 12.5. The minimum atomic E-state index is -2.94. The molecule has 3 heterocycles. The van der Waals surface area contributed by atoms with E-state index >= 15 is 0 Å². The molecule has 2 saturated heterocycles. The number of nitrogens with zero attached hydrogens (tertiary/aromatic N) is 4. The lowest BCUT2D eigenvalue weighted by atomic mass is 10.1. The third-order valence-electron chi connectivity index (χ3n) is 6.31. The van der Waals surface area contributed by atoms with Crippen molar-refractivity contribution in [3.8, 4) is 0 Å². The van der Waals surface area contributed by atoms with E-state index in [0.29, 0.717) is 12.0 Å². The molecule has 0 amide bonds. The summed E-state index contributed by atoms with van der Waals surface area (Å²) in [4.78, 5) is 16.4. The zero-order valence-corrected chi connectivity index (χ0v) is 19.2. The lowest BCUT2D eigenvalue weighted by Crippen LogP contribution is -2.46. The first kappa shape index (κ1) is 21.8. The van der Waals surface area contributed by atoms with Crippen LogP contribution in [0.2, 0.25) is 0 Å². The van der Waals surface area contributed by atoms with E-state index in [0.717, 1.165) is 49.8 Å². The fourth-order valence-corrected chi connectivity index (χ4v) is 6.38. The van der Waals surface area contributed by atoms with Gasteiger partial charge in [0, 0.05) is 32.7 Å². The highest BCUT2D eigenvalue weighted by molar-refractivity contribution is 7.91. The molecular weight excluding hydrogens is 416 g/mol. The Balaban J connectivity index is 1.38. The van der Waals surface area contributed by atoms with Crippen molar-refractivity contribution < 1.29 is 17.9 Å². The van der Waals surface area contributed by atoms with Gasteiger partial charge in [0.05, 0.1) is 47.3 Å². The summed E-state index contributed by atoms with van der Waals surface area (Å²) >= 11 is 0. The highest BCUT2D eigenvalue weighted by atomic mass is 32.2. The molecule has 0 bridgehead atoms. The molecule has 0 spiro atoms. The van der Waals surface area contributed by atoms with Crippen molar-refractivity contribution in [3.63, 3.8) is 0 Å². The van der Waals surface area contributed by atoms with Gasteiger partial charge in [-0.3, -0.25) is 9.58 Å². The van der Waals surface area contributed by atoms with Crippen LogP contribution in [-0.4, -0.2) is 73.9 Å². The maximum Gasteiger partial charge on any atom is 0.337 e. The number of hydrogen-bond acceptors (Lipinski definition) is 7. The minimum absolute atomic E-state index is 0.0494. The number of ether oxygens (including phenoxy) is 1. The fraction of sp³-hybridized carbons (Fsp3) is 0.545. The Bertz CT molecular complexity index is 1050. The molecule has 0 radical (unpaired) electrons. The van der Waals surface area contributed by atoms with E-state index in [1.54, 1.807) is 0 Å². The Morgan fingerprint density at radius 2 is 1.81 bits per heavy atom. The van der Waals surface area contributed by atoms with Gasteiger partial charge in [0.1, 0.15) is 0 Å². The van der Waals surface area contributed by atoms with Gasteiger partial charge in [-0.15, -0.1) is 0 Å². The molecule has 0 N–H and O–H groups in total. The van der Waals surface area contributed by atoms with E-state index in [4.69, 9.17) is 9.84 Å². The molecular formula is C22H30N4O4S. The van der Waals surface area contributed by atoms with Gasteiger partial charge in [-0.2, -0.15) is 5.10 Å². The molecule has 9 heteroatoms. The second-order valence-corrected chi connectivity index (χ2v) is 10.7. The summed E-state index contributed by atoms with van der Waals surface area (Å²) in [5.41, 5.74) is 4.91. The standard InChI is InChI=1S/C22H30N4O4S/c1-16-21(17(2)26(23-16)20-8-13-31(28,29)15-20)25-11-9-24(10-12-25)14-18-4-6-19(7-5-18)22(27)30-3/h4-7,20H,8-15H2,1-3H3/t20-/m1/s1. The molecule has 8 nitrogen and oxygen atoms in total. The molecule has 1 aromatic carbocycles. The van der Waals surface area contributed by atoms with Crippen molar-refractivity contribution in [2.24, 2.45) is 0 Å². The summed E-state index contributed by atoms with van der Waals surface area (Å²) in [6.45, 7) is 8.56. The molecule has 1 atom stereocenters. The van der Waals surface area contributed by atoms with Crippen molar-refractivity contribution in [2.75, 3.05) is 49.7 Å². The second-order valence-electron chi connectivity index (χ2n) is 8.47. The fourth-order valence-electron chi connectivity index (χ4n) is 4.69. The average Bonchev–Trinajstić information content (AvgIpc) is 3.26. The van der Waals surface area contributed by atoms with E-state index in [9.17, 15) is 13.2 Å². The summed E-state index contributed by atoms with van der Waals surface area (Å²) in [7, 11) is -1.55. The van der Waals surface area contributed by atoms with Crippen LogP contribution in [0.25, 0.3) is 0 Å². The second kappa shape index (κ2) is 8.63. The Labute approximate surface area is 183 Å². The van der Waals surface area contributed by atoms with Gasteiger partial charge in [0.25, 0.3) is 0 Å². The molecule has 4 rings (SSSR count). The predicted molar refractivity (Wildman–Crippen MR) is 119 cm³/mol. The Morgan fingerprint density at radius 3 is 2.39 bits per heavy atom. The molecule has 0 saturated carbocycles. The molecule has 0 aliphatic carbocycles. The van der Waals surface area contributed by atoms with Gasteiger partial charge in [0.15, 0.2) is 9.84 Å². The van der Waals surface area contributed by atoms with Crippen molar-refractivity contribution in [2.45, 2.75) is 32.9 Å². The van der Waals surface area contributed by atoms with Gasteiger partial charge in [-0.1, -0.05) is 12.1 Å². The lowest BCUT2D eigenvalue weighted by molar-refractivity contribution is 0.0600. The minimum Gasteiger partial charge on any atom is -0.465 e. The Morgan fingerprint density at radius 1 is 1.13 bits per heavy atom. The van der Waals surface area contributed by atoms with Crippen molar-refractivity contribution in [3.05, 3.63) is 46.8 Å². The highest BCUT2D eigenvalue weighted by Crippen LogP contribution is 2.31. The Hall–Kier alpha value is -2.39. The van der Waals surface area contributed by atoms with E-state index in [1.165, 1.54) is 12.7 Å². The molecule has 2 aliphatic rings. The SMILES string of the molecule is COC(=O)c1ccc(CN2CCN(c3c(C)nn([C@@H]4CCS(=O)(=O)C4)c3C)CC2)cc1. The van der Waals surface area contributed by atoms with E-state index < -0.39 is 9.84 Å². The van der Waals surface area contributed by atoms with Crippen LogP contribution in [0.3, 0.4) is 0 Å². The zero-order valence-electron chi connectivity index (χ0n) is 18.4. The quantitative estimate of drug-likeness (QED) is 0.649. The topological polar surface area (TPSA) is 84.7 Å². The number of methoxy groups -OCH3 is 1. The number of anilines is 1. The van der Waals surface area contributed by atoms with Crippen LogP contribution in [0.15, 0.2) is 24.3 Å². The number of carbonyl (C=O) groups excluding carboxylic acids is 1. The van der Waals surface area contributed by atoms with Gasteiger partial charge in [-0.25, -0.2) is 13.2 Å². The summed E-state index contributed by atoms with van der Waals surface area (Å²) in [5.74, 6) is 0.128. The third kappa shape index (κ3) is 4.62. The van der Waals surface area contributed by atoms with Crippen LogP contribution >= 0.6 is 0 Å². The lowest BCUT2D eigenvalue weighted by Gasteiger charge is -2.36. The van der Waals surface area contributed by atoms with Crippen LogP contribution in [-0.2, 0) is 21.1 Å². The van der Waals surface area contributed by atoms with Gasteiger partial charge in [0.2, 0.25) is 0 Å². The number of aryl methyl sites for hydroxylation is 1. The van der Waals surface area contributed by atoms with Gasteiger partial charge < -0.3 is 9.64 Å². The van der Waals surface area contributed by atoms with E-state index in [2.05, 4.69) is 16.7 Å². The number of hydrogen-bond donors (Lipinski definition) is 0. The Kier molecular flexibility index (Phi) is 6.07. The molecule has 168 valence electrons. The van der Waals surface area contributed by atoms with Crippen LogP contribution in [0.5, 0.6) is 0 Å². The van der Waals surface area contributed by atoms with Crippen molar-refractivity contribution >= 4 is 21.5 Å². The monoisotopic (exact) mass is 446 g/mol. The summed E-state index contributed by atoms with van der Waals surface area (Å²) in [6.07, 6.45) is 0.645. The number of esters is 1. The van der Waals surface area contributed by atoms with Crippen LogP contribution in [0.1, 0.15) is 39.8 Å².